The Labute approximate surface area is 199 Å². The summed E-state index contributed by atoms with van der Waals surface area (Å²) in [6.07, 6.45) is 0.820. The lowest BCUT2D eigenvalue weighted by Gasteiger charge is -2.13. The molecule has 1 heterocycles. The fraction of sp³-hybridized carbons (Fsp3) is 0.261. The lowest BCUT2D eigenvalue weighted by molar-refractivity contribution is -0.385. The third kappa shape index (κ3) is 5.93. The molecule has 1 fully saturated rings. The van der Waals surface area contributed by atoms with Crippen LogP contribution < -0.4 is 9.47 Å². The number of nitro groups is 1. The molecule has 0 saturated carbocycles. The Bertz CT molecular complexity index is 1150. The summed E-state index contributed by atoms with van der Waals surface area (Å²) < 4.78 is 16.0. The van der Waals surface area contributed by atoms with Gasteiger partial charge in [-0.15, -0.1) is 0 Å². The van der Waals surface area contributed by atoms with E-state index < -0.39 is 34.7 Å². The first-order chi connectivity index (χ1) is 16.2. The molecule has 1 aliphatic heterocycles. The average Bonchev–Trinajstić information content (AvgIpc) is 3.05. The van der Waals surface area contributed by atoms with Crippen molar-refractivity contribution in [2.75, 3.05) is 13.7 Å². The number of ether oxygens (including phenoxy) is 3. The summed E-state index contributed by atoms with van der Waals surface area (Å²) in [5, 5.41) is 11.1. The van der Waals surface area contributed by atoms with Crippen LogP contribution in [0, 0.1) is 10.1 Å². The zero-order chi connectivity index (χ0) is 24.8. The van der Waals surface area contributed by atoms with Gasteiger partial charge in [0.2, 0.25) is 0 Å². The van der Waals surface area contributed by atoms with Crippen molar-refractivity contribution in [3.63, 3.8) is 0 Å². The highest BCUT2D eigenvalue weighted by molar-refractivity contribution is 8.18. The summed E-state index contributed by atoms with van der Waals surface area (Å²) in [7, 11) is 1.38. The molecule has 178 valence electrons. The van der Waals surface area contributed by atoms with Crippen molar-refractivity contribution >= 4 is 40.6 Å². The summed E-state index contributed by atoms with van der Waals surface area (Å²) in [5.74, 6) is -1.10. The molecule has 10 nitrogen and oxygen atoms in total. The van der Waals surface area contributed by atoms with Gasteiger partial charge in [0.05, 0.1) is 34.7 Å². The zero-order valence-electron chi connectivity index (χ0n) is 18.7. The molecule has 3 rings (SSSR count). The Morgan fingerprint density at radius 1 is 1.18 bits per heavy atom. The van der Waals surface area contributed by atoms with Crippen molar-refractivity contribution in [3.8, 4) is 11.5 Å². The first-order valence-corrected chi connectivity index (χ1v) is 11.0. The van der Waals surface area contributed by atoms with Crippen LogP contribution >= 0.6 is 11.8 Å². The molecule has 11 heteroatoms. The molecule has 0 aliphatic carbocycles. The molecule has 1 aliphatic rings. The van der Waals surface area contributed by atoms with Crippen LogP contribution in [0.1, 0.15) is 25.0 Å². The van der Waals surface area contributed by atoms with Gasteiger partial charge in [-0.1, -0.05) is 30.3 Å². The number of amides is 2. The summed E-state index contributed by atoms with van der Waals surface area (Å²) in [6, 6.07) is 11.8. The molecule has 0 bridgehead atoms. The van der Waals surface area contributed by atoms with Crippen molar-refractivity contribution in [2.24, 2.45) is 0 Å². The van der Waals surface area contributed by atoms with Gasteiger partial charge >= 0.3 is 5.97 Å². The standard InChI is InChI=1S/C23H22N2O8S/c1-14(2)33-21(26)12-24-22(27)20(34-23(24)28)10-16-9-18(31-3)19(11-17(16)25(29)30)32-13-15-7-5-4-6-8-15/h4-11,14H,12-13H2,1-3H3/b20-10-. The molecular formula is C23H22N2O8S. The van der Waals surface area contributed by atoms with Gasteiger partial charge in [0.1, 0.15) is 13.2 Å². The lowest BCUT2D eigenvalue weighted by atomic mass is 10.1. The third-order valence-corrected chi connectivity index (χ3v) is 5.47. The minimum absolute atomic E-state index is 0.0455. The smallest absolute Gasteiger partial charge is 0.326 e. The highest BCUT2D eigenvalue weighted by Gasteiger charge is 2.37. The van der Waals surface area contributed by atoms with E-state index in [0.717, 1.165) is 10.5 Å². The highest BCUT2D eigenvalue weighted by Crippen LogP contribution is 2.39. The van der Waals surface area contributed by atoms with Crippen LogP contribution in [0.5, 0.6) is 11.5 Å². The van der Waals surface area contributed by atoms with E-state index in [2.05, 4.69) is 0 Å². The molecule has 0 aromatic heterocycles. The van der Waals surface area contributed by atoms with Crippen LogP contribution in [-0.4, -0.2) is 46.7 Å². The molecule has 1 saturated heterocycles. The summed E-state index contributed by atoms with van der Waals surface area (Å²) in [5.41, 5.74) is 0.569. The van der Waals surface area contributed by atoms with Gasteiger partial charge in [-0.25, -0.2) is 0 Å². The number of benzene rings is 2. The number of carbonyl (C=O) groups excluding carboxylic acids is 3. The lowest BCUT2D eigenvalue weighted by Crippen LogP contribution is -2.35. The SMILES string of the molecule is COc1cc(/C=C2\SC(=O)N(CC(=O)OC(C)C)C2=O)c([N+](=O)[O-])cc1OCc1ccccc1. The van der Waals surface area contributed by atoms with Crippen LogP contribution in [0.3, 0.4) is 0 Å². The van der Waals surface area contributed by atoms with Crippen molar-refractivity contribution in [2.45, 2.75) is 26.6 Å². The Hall–Kier alpha value is -3.86. The molecule has 0 radical (unpaired) electrons. The van der Waals surface area contributed by atoms with Crippen LogP contribution in [0.4, 0.5) is 10.5 Å². The maximum absolute atomic E-state index is 12.7. The monoisotopic (exact) mass is 486 g/mol. The second-order valence-corrected chi connectivity index (χ2v) is 8.39. The van der Waals surface area contributed by atoms with E-state index in [1.807, 2.05) is 30.3 Å². The van der Waals surface area contributed by atoms with Crippen LogP contribution in [-0.2, 0) is 20.9 Å². The fourth-order valence-electron chi connectivity index (χ4n) is 3.05. The summed E-state index contributed by atoms with van der Waals surface area (Å²) in [6.45, 7) is 2.91. The Balaban J connectivity index is 1.88. The zero-order valence-corrected chi connectivity index (χ0v) is 19.5. The molecule has 0 unspecified atom stereocenters. The fourth-order valence-corrected chi connectivity index (χ4v) is 3.88. The minimum Gasteiger partial charge on any atom is -0.493 e. The molecular weight excluding hydrogens is 464 g/mol. The van der Waals surface area contributed by atoms with Crippen LogP contribution in [0.2, 0.25) is 0 Å². The van der Waals surface area contributed by atoms with Gasteiger partial charge in [-0.3, -0.25) is 29.4 Å². The number of imide groups is 1. The maximum Gasteiger partial charge on any atom is 0.326 e. The van der Waals surface area contributed by atoms with Crippen LogP contribution in [0.15, 0.2) is 47.4 Å². The van der Waals surface area contributed by atoms with E-state index in [1.165, 1.54) is 25.3 Å². The van der Waals surface area contributed by atoms with E-state index in [-0.39, 0.29) is 34.3 Å². The second kappa shape index (κ2) is 10.8. The van der Waals surface area contributed by atoms with Gasteiger partial charge < -0.3 is 14.2 Å². The Morgan fingerprint density at radius 2 is 1.88 bits per heavy atom. The van der Waals surface area contributed by atoms with Gasteiger partial charge in [-0.2, -0.15) is 0 Å². The molecule has 0 spiro atoms. The number of hydrogen-bond donors (Lipinski definition) is 0. The number of thioether (sulfide) groups is 1. The maximum atomic E-state index is 12.7. The van der Waals surface area contributed by atoms with E-state index in [9.17, 15) is 24.5 Å². The number of carbonyl (C=O) groups is 3. The molecule has 2 aromatic rings. The Kier molecular flexibility index (Phi) is 7.90. The van der Waals surface area contributed by atoms with Gasteiger partial charge in [-0.05, 0) is 43.3 Å². The van der Waals surface area contributed by atoms with E-state index in [1.54, 1.807) is 13.8 Å². The molecule has 34 heavy (non-hydrogen) atoms. The number of nitro benzene ring substituents is 1. The van der Waals surface area contributed by atoms with Gasteiger partial charge in [0, 0.05) is 0 Å². The van der Waals surface area contributed by atoms with E-state index >= 15 is 0 Å². The highest BCUT2D eigenvalue weighted by atomic mass is 32.2. The number of methoxy groups -OCH3 is 1. The molecule has 2 amide bonds. The second-order valence-electron chi connectivity index (χ2n) is 7.40. The van der Waals surface area contributed by atoms with Crippen molar-refractivity contribution in [3.05, 3.63) is 68.6 Å². The molecule has 0 atom stereocenters. The summed E-state index contributed by atoms with van der Waals surface area (Å²) >= 11 is 0.579. The van der Waals surface area contributed by atoms with E-state index in [0.29, 0.717) is 11.8 Å². The van der Waals surface area contributed by atoms with E-state index in [4.69, 9.17) is 14.2 Å². The van der Waals surface area contributed by atoms with Gasteiger partial charge in [0.15, 0.2) is 11.5 Å². The first-order valence-electron chi connectivity index (χ1n) is 10.2. The largest absolute Gasteiger partial charge is 0.493 e. The van der Waals surface area contributed by atoms with Crippen molar-refractivity contribution < 1.29 is 33.5 Å². The predicted molar refractivity (Wildman–Crippen MR) is 124 cm³/mol. The Morgan fingerprint density at radius 3 is 2.50 bits per heavy atom. The van der Waals surface area contributed by atoms with Gasteiger partial charge in [0.25, 0.3) is 16.8 Å². The first kappa shape index (κ1) is 24.8. The topological polar surface area (TPSA) is 125 Å². The predicted octanol–water partition coefficient (Wildman–Crippen LogP) is 4.17. The number of hydrogen-bond acceptors (Lipinski definition) is 9. The quantitative estimate of drug-likeness (QED) is 0.222. The number of esters is 1. The van der Waals surface area contributed by atoms with Crippen molar-refractivity contribution in [1.29, 1.82) is 0 Å². The van der Waals surface area contributed by atoms with Crippen molar-refractivity contribution in [1.82, 2.24) is 4.90 Å². The average molecular weight is 487 g/mol. The third-order valence-electron chi connectivity index (χ3n) is 4.56. The van der Waals surface area contributed by atoms with Crippen LogP contribution in [0.25, 0.3) is 6.08 Å². The number of nitrogens with zero attached hydrogens (tertiary/aromatic N) is 2. The molecule has 0 N–H and O–H groups in total. The summed E-state index contributed by atoms with van der Waals surface area (Å²) in [4.78, 5) is 48.6. The molecule has 2 aromatic carbocycles. The normalized spacial score (nSPS) is 14.6. The minimum atomic E-state index is -0.742. The number of rotatable bonds is 9.